The van der Waals surface area contributed by atoms with Crippen LogP contribution in [0.2, 0.25) is 0 Å². The Bertz CT molecular complexity index is 793. The molecule has 1 heterocycles. The summed E-state index contributed by atoms with van der Waals surface area (Å²) in [6.07, 6.45) is -0.179. The topological polar surface area (TPSA) is 121 Å². The fraction of sp³-hybridized carbons (Fsp3) is 0.353. The van der Waals surface area contributed by atoms with E-state index >= 15 is 0 Å². The first-order valence-electron chi connectivity index (χ1n) is 8.16. The largest absolute Gasteiger partial charge is 0.370 e. The summed E-state index contributed by atoms with van der Waals surface area (Å²) < 4.78 is 13.1. The molecule has 0 spiro atoms. The molecule has 1 aromatic carbocycles. The number of hydrogen-bond donors (Lipinski definition) is 1. The first-order valence-corrected chi connectivity index (χ1v) is 8.16. The van der Waals surface area contributed by atoms with Crippen LogP contribution in [-0.2, 0) is 19.2 Å². The highest BCUT2D eigenvalue weighted by molar-refractivity contribution is 6.45. The second kappa shape index (κ2) is 7.94. The smallest absolute Gasteiger partial charge is 0.334 e. The van der Waals surface area contributed by atoms with Gasteiger partial charge in [-0.1, -0.05) is 0 Å². The van der Waals surface area contributed by atoms with E-state index in [1.807, 2.05) is 0 Å². The van der Waals surface area contributed by atoms with Crippen LogP contribution in [0.1, 0.15) is 20.3 Å². The minimum absolute atomic E-state index is 0.127. The number of imide groups is 2. The van der Waals surface area contributed by atoms with E-state index in [4.69, 9.17) is 5.73 Å². The third kappa shape index (κ3) is 4.27. The lowest BCUT2D eigenvalue weighted by atomic mass is 10.2. The first-order chi connectivity index (χ1) is 12.6. The maximum atomic E-state index is 13.1. The number of benzene rings is 1. The zero-order valence-corrected chi connectivity index (χ0v) is 14.8. The van der Waals surface area contributed by atoms with Gasteiger partial charge in [-0.2, -0.15) is 0 Å². The molecule has 0 bridgehead atoms. The molecule has 9 nitrogen and oxygen atoms in total. The van der Waals surface area contributed by atoms with Gasteiger partial charge < -0.3 is 10.6 Å². The lowest BCUT2D eigenvalue weighted by Gasteiger charge is -2.24. The summed E-state index contributed by atoms with van der Waals surface area (Å²) in [6.45, 7) is 2.30. The Labute approximate surface area is 154 Å². The predicted molar refractivity (Wildman–Crippen MR) is 91.7 cm³/mol. The number of rotatable bonds is 7. The van der Waals surface area contributed by atoms with Crippen molar-refractivity contribution in [1.29, 1.82) is 0 Å². The number of urea groups is 1. The normalized spacial score (nSPS) is 14.3. The molecule has 2 rings (SSSR count). The van der Waals surface area contributed by atoms with E-state index in [9.17, 15) is 28.4 Å². The number of anilines is 1. The quantitative estimate of drug-likeness (QED) is 0.538. The molecular weight excluding hydrogens is 359 g/mol. The molecule has 6 amide bonds. The molecule has 0 atom stereocenters. The fourth-order valence-electron chi connectivity index (χ4n) is 2.58. The molecule has 0 radical (unpaired) electrons. The minimum atomic E-state index is -1.10. The monoisotopic (exact) mass is 378 g/mol. The molecule has 10 heteroatoms. The Balaban J connectivity index is 2.23. The first kappa shape index (κ1) is 20.0. The van der Waals surface area contributed by atoms with E-state index in [-0.39, 0.29) is 18.7 Å². The van der Waals surface area contributed by atoms with Crippen molar-refractivity contribution >= 4 is 35.3 Å². The predicted octanol–water partition coefficient (Wildman–Crippen LogP) is 0.233. The van der Waals surface area contributed by atoms with Crippen molar-refractivity contribution in [3.05, 3.63) is 30.1 Å². The number of carbonyl (C=O) groups excluding carboxylic acids is 5. The van der Waals surface area contributed by atoms with Crippen LogP contribution in [0.15, 0.2) is 24.3 Å². The lowest BCUT2D eigenvalue weighted by molar-refractivity contribution is -0.144. The van der Waals surface area contributed by atoms with Crippen molar-refractivity contribution in [2.75, 3.05) is 18.0 Å². The van der Waals surface area contributed by atoms with Crippen LogP contribution in [0.4, 0.5) is 14.9 Å². The third-order valence-corrected chi connectivity index (χ3v) is 3.91. The molecule has 1 aliphatic heterocycles. The van der Waals surface area contributed by atoms with Gasteiger partial charge >= 0.3 is 17.8 Å². The summed E-state index contributed by atoms with van der Waals surface area (Å²) in [7, 11) is 0. The molecule has 2 N–H and O–H groups in total. The molecule has 1 fully saturated rings. The van der Waals surface area contributed by atoms with E-state index in [0.29, 0.717) is 4.90 Å². The van der Waals surface area contributed by atoms with Crippen molar-refractivity contribution in [3.63, 3.8) is 0 Å². The average molecular weight is 378 g/mol. The van der Waals surface area contributed by atoms with Gasteiger partial charge in [0.05, 0.1) is 0 Å². The molecule has 0 aliphatic carbocycles. The zero-order chi connectivity index (χ0) is 20.3. The van der Waals surface area contributed by atoms with E-state index < -0.39 is 48.1 Å². The van der Waals surface area contributed by atoms with Gasteiger partial charge in [0, 0.05) is 24.7 Å². The number of primary amides is 1. The van der Waals surface area contributed by atoms with Crippen LogP contribution in [-0.4, -0.2) is 58.6 Å². The van der Waals surface area contributed by atoms with Gasteiger partial charge in [0.15, 0.2) is 0 Å². The molecule has 27 heavy (non-hydrogen) atoms. The van der Waals surface area contributed by atoms with Gasteiger partial charge in [-0.25, -0.2) is 14.1 Å². The highest BCUT2D eigenvalue weighted by Crippen LogP contribution is 2.19. The van der Waals surface area contributed by atoms with E-state index in [1.165, 1.54) is 12.1 Å². The van der Waals surface area contributed by atoms with Crippen molar-refractivity contribution < 1.29 is 28.4 Å². The number of amides is 6. The molecular formula is C17H19FN4O5. The minimum Gasteiger partial charge on any atom is -0.370 e. The number of carbonyl (C=O) groups is 5. The van der Waals surface area contributed by atoms with Gasteiger partial charge in [0.2, 0.25) is 11.8 Å². The van der Waals surface area contributed by atoms with Crippen LogP contribution in [0.3, 0.4) is 0 Å². The molecule has 0 aromatic heterocycles. The van der Waals surface area contributed by atoms with Gasteiger partial charge in [-0.05, 0) is 38.1 Å². The molecule has 0 saturated carbocycles. The van der Waals surface area contributed by atoms with Crippen molar-refractivity contribution in [2.24, 2.45) is 5.73 Å². The Morgan fingerprint density at radius 3 is 2.19 bits per heavy atom. The third-order valence-electron chi connectivity index (χ3n) is 3.91. The van der Waals surface area contributed by atoms with Gasteiger partial charge in [0.1, 0.15) is 12.4 Å². The van der Waals surface area contributed by atoms with Gasteiger partial charge in [0.25, 0.3) is 0 Å². The summed E-state index contributed by atoms with van der Waals surface area (Å²) in [5.41, 5.74) is 5.37. The Morgan fingerprint density at radius 1 is 1.11 bits per heavy atom. The van der Waals surface area contributed by atoms with Crippen LogP contribution in [0, 0.1) is 5.82 Å². The summed E-state index contributed by atoms with van der Waals surface area (Å²) >= 11 is 0. The maximum absolute atomic E-state index is 13.1. The highest BCUT2D eigenvalue weighted by atomic mass is 19.1. The molecule has 1 aliphatic rings. The SMILES string of the molecule is CC(C)N1C(=O)C(=O)N(CC(=O)N(CCC(N)=O)c2ccc(F)cc2)C1=O. The lowest BCUT2D eigenvalue weighted by Crippen LogP contribution is -2.45. The second-order valence-corrected chi connectivity index (χ2v) is 6.18. The van der Waals surface area contributed by atoms with Crippen LogP contribution >= 0.6 is 0 Å². The Kier molecular flexibility index (Phi) is 5.88. The van der Waals surface area contributed by atoms with Gasteiger partial charge in [-0.3, -0.25) is 24.1 Å². The number of nitrogens with two attached hydrogens (primary N) is 1. The fourth-order valence-corrected chi connectivity index (χ4v) is 2.58. The Hall–Kier alpha value is -3.30. The number of halogens is 1. The highest BCUT2D eigenvalue weighted by Gasteiger charge is 2.46. The second-order valence-electron chi connectivity index (χ2n) is 6.18. The van der Waals surface area contributed by atoms with Crippen LogP contribution < -0.4 is 10.6 Å². The van der Waals surface area contributed by atoms with Crippen LogP contribution in [0.5, 0.6) is 0 Å². The van der Waals surface area contributed by atoms with Crippen molar-refractivity contribution in [2.45, 2.75) is 26.3 Å². The molecule has 1 saturated heterocycles. The van der Waals surface area contributed by atoms with E-state index in [0.717, 1.165) is 21.9 Å². The summed E-state index contributed by atoms with van der Waals surface area (Å²) in [6, 6.07) is 3.44. The number of nitrogens with zero attached hydrogens (tertiary/aromatic N) is 3. The van der Waals surface area contributed by atoms with Crippen molar-refractivity contribution in [3.8, 4) is 0 Å². The maximum Gasteiger partial charge on any atom is 0.334 e. The van der Waals surface area contributed by atoms with E-state index in [1.54, 1.807) is 13.8 Å². The number of hydrogen-bond acceptors (Lipinski definition) is 5. The van der Waals surface area contributed by atoms with Gasteiger partial charge in [-0.15, -0.1) is 0 Å². The zero-order valence-electron chi connectivity index (χ0n) is 14.8. The van der Waals surface area contributed by atoms with E-state index in [2.05, 4.69) is 0 Å². The summed E-state index contributed by atoms with van der Waals surface area (Å²) in [5, 5.41) is 0. The molecule has 144 valence electrons. The summed E-state index contributed by atoms with van der Waals surface area (Å²) in [5.74, 6) is -4.01. The van der Waals surface area contributed by atoms with Crippen molar-refractivity contribution in [1.82, 2.24) is 9.80 Å². The summed E-state index contributed by atoms with van der Waals surface area (Å²) in [4.78, 5) is 62.4. The average Bonchev–Trinajstić information content (AvgIpc) is 2.80. The molecule has 0 unspecified atom stereocenters. The Morgan fingerprint density at radius 2 is 1.70 bits per heavy atom. The van der Waals surface area contributed by atoms with Crippen LogP contribution in [0.25, 0.3) is 0 Å². The standard InChI is InChI=1S/C17H19FN4O5/c1-10(2)22-16(26)15(25)21(17(22)27)9-14(24)20(8-7-13(19)23)12-5-3-11(18)4-6-12/h3-6,10H,7-9H2,1-2H3,(H2,19,23). The molecule has 1 aromatic rings.